The van der Waals surface area contributed by atoms with E-state index < -0.39 is 0 Å². The third kappa shape index (κ3) is 3.83. The van der Waals surface area contributed by atoms with Crippen LogP contribution < -0.4 is 5.32 Å². The van der Waals surface area contributed by atoms with Gasteiger partial charge in [-0.25, -0.2) is 0 Å². The minimum absolute atomic E-state index is 0.0574. The summed E-state index contributed by atoms with van der Waals surface area (Å²) in [5.41, 5.74) is 4.31. The van der Waals surface area contributed by atoms with Crippen molar-refractivity contribution in [2.45, 2.75) is 37.8 Å². The van der Waals surface area contributed by atoms with E-state index in [0.29, 0.717) is 17.7 Å². The van der Waals surface area contributed by atoms with Crippen LogP contribution in [0, 0.1) is 13.8 Å². The second-order valence-corrected chi connectivity index (χ2v) is 8.89. The molecule has 0 radical (unpaired) electrons. The topological polar surface area (TPSA) is 83.8 Å². The second-order valence-electron chi connectivity index (χ2n) is 6.57. The van der Waals surface area contributed by atoms with Crippen LogP contribution in [0.5, 0.6) is 0 Å². The number of benzene rings is 1. The molecule has 0 aliphatic carbocycles. The minimum Gasteiger partial charge on any atom is -0.411 e. The first-order valence-corrected chi connectivity index (χ1v) is 10.7. The Bertz CT molecular complexity index is 1110. The molecule has 4 rings (SSSR count). The Labute approximate surface area is 170 Å². The summed E-state index contributed by atoms with van der Waals surface area (Å²) in [6.45, 7) is 6.51. The molecule has 1 atom stereocenters. The van der Waals surface area contributed by atoms with E-state index in [0.717, 1.165) is 27.0 Å². The van der Waals surface area contributed by atoms with Crippen molar-refractivity contribution in [2.24, 2.45) is 0 Å². The number of rotatable bonds is 6. The molecule has 2 N–H and O–H groups in total. The van der Waals surface area contributed by atoms with E-state index in [2.05, 4.69) is 34.3 Å². The van der Waals surface area contributed by atoms with Gasteiger partial charge in [0.15, 0.2) is 0 Å². The molecule has 28 heavy (non-hydrogen) atoms. The molecule has 0 unspecified atom stereocenters. The van der Waals surface area contributed by atoms with Crippen LogP contribution in [0.1, 0.15) is 23.1 Å². The lowest BCUT2D eigenvalue weighted by molar-refractivity contribution is -0.120. The van der Waals surface area contributed by atoms with Crippen molar-refractivity contribution < 1.29 is 9.21 Å². The number of hydrogen-bond donors (Lipinski definition) is 2. The van der Waals surface area contributed by atoms with Crippen molar-refractivity contribution in [2.75, 3.05) is 0 Å². The first kappa shape index (κ1) is 18.8. The lowest BCUT2D eigenvalue weighted by atomic mass is 10.1. The van der Waals surface area contributed by atoms with Crippen molar-refractivity contribution in [3.8, 4) is 11.5 Å². The fraction of sp³-hybridized carbons (Fsp3) is 0.250. The highest BCUT2D eigenvalue weighted by Gasteiger charge is 2.19. The number of aromatic nitrogens is 3. The molecule has 0 saturated carbocycles. The maximum Gasteiger partial charge on any atom is 0.277 e. The van der Waals surface area contributed by atoms with Crippen molar-refractivity contribution >= 4 is 39.9 Å². The molecule has 0 fully saturated rings. The highest BCUT2D eigenvalue weighted by molar-refractivity contribution is 8.00. The van der Waals surface area contributed by atoms with Gasteiger partial charge in [0, 0.05) is 27.0 Å². The smallest absolute Gasteiger partial charge is 0.277 e. The summed E-state index contributed by atoms with van der Waals surface area (Å²) in [6, 6.07) is 9.99. The summed E-state index contributed by atoms with van der Waals surface area (Å²) in [4.78, 5) is 16.8. The van der Waals surface area contributed by atoms with Gasteiger partial charge in [-0.2, -0.15) is 0 Å². The lowest BCUT2D eigenvalue weighted by Gasteiger charge is -2.08. The van der Waals surface area contributed by atoms with E-state index in [-0.39, 0.29) is 11.2 Å². The average Bonchev–Trinajstić information content (AvgIpc) is 3.42. The van der Waals surface area contributed by atoms with Gasteiger partial charge >= 0.3 is 0 Å². The molecule has 8 heteroatoms. The first-order chi connectivity index (χ1) is 13.5. The number of nitrogens with zero attached hydrogens (tertiary/aromatic N) is 2. The molecule has 1 amide bonds. The van der Waals surface area contributed by atoms with Gasteiger partial charge in [0.25, 0.3) is 5.22 Å². The lowest BCUT2D eigenvalue weighted by Crippen LogP contribution is -2.30. The number of thioether (sulfide) groups is 1. The molecular weight excluding hydrogens is 392 g/mol. The number of nitrogens with one attached hydrogen (secondary N) is 2. The standard InChI is InChI=1S/C20H20N4O2S2/c1-11-12(2)22-17-7-6-14(9-16(11)17)19-23-24-20(26-19)28-13(3)18(25)21-10-15-5-4-8-27-15/h4-9,13,22H,10H2,1-3H3,(H,21,25)/t13-/m1/s1. The van der Waals surface area contributed by atoms with Crippen LogP contribution >= 0.6 is 23.1 Å². The van der Waals surface area contributed by atoms with E-state index in [1.54, 1.807) is 11.3 Å². The molecule has 1 aromatic carbocycles. The Morgan fingerprint density at radius 2 is 2.18 bits per heavy atom. The van der Waals surface area contributed by atoms with Crippen LogP contribution in [0.2, 0.25) is 0 Å². The normalized spacial score (nSPS) is 12.4. The number of aromatic amines is 1. The third-order valence-corrected chi connectivity index (χ3v) is 6.44. The summed E-state index contributed by atoms with van der Waals surface area (Å²) < 4.78 is 5.79. The molecule has 4 aromatic rings. The predicted molar refractivity (Wildman–Crippen MR) is 113 cm³/mol. The van der Waals surface area contributed by atoms with Gasteiger partial charge in [0.2, 0.25) is 11.8 Å². The van der Waals surface area contributed by atoms with Gasteiger partial charge in [-0.3, -0.25) is 4.79 Å². The summed E-state index contributed by atoms with van der Waals surface area (Å²) in [5.74, 6) is 0.395. The van der Waals surface area contributed by atoms with E-state index >= 15 is 0 Å². The molecule has 0 saturated heterocycles. The number of amides is 1. The Morgan fingerprint density at radius 1 is 1.32 bits per heavy atom. The SMILES string of the molecule is Cc1[nH]c2ccc(-c3nnc(S[C@H](C)C(=O)NCc4cccs4)o3)cc2c1C. The van der Waals surface area contributed by atoms with Crippen LogP contribution in [0.3, 0.4) is 0 Å². The van der Waals surface area contributed by atoms with Gasteiger partial charge in [0.05, 0.1) is 11.8 Å². The molecule has 3 aromatic heterocycles. The van der Waals surface area contributed by atoms with Crippen LogP contribution in [-0.2, 0) is 11.3 Å². The van der Waals surface area contributed by atoms with Gasteiger partial charge < -0.3 is 14.7 Å². The number of fused-ring (bicyclic) bond motifs is 1. The molecular formula is C20H20N4O2S2. The molecule has 0 bridgehead atoms. The second kappa shape index (κ2) is 7.81. The van der Waals surface area contributed by atoms with Crippen LogP contribution in [0.4, 0.5) is 0 Å². The van der Waals surface area contributed by atoms with Crippen molar-refractivity contribution in [1.29, 1.82) is 0 Å². The molecule has 6 nitrogen and oxygen atoms in total. The highest BCUT2D eigenvalue weighted by Crippen LogP contribution is 2.30. The monoisotopic (exact) mass is 412 g/mol. The summed E-state index contributed by atoms with van der Waals surface area (Å²) in [6.07, 6.45) is 0. The Morgan fingerprint density at radius 3 is 2.96 bits per heavy atom. The first-order valence-electron chi connectivity index (χ1n) is 8.91. The number of carbonyl (C=O) groups excluding carboxylic acids is 1. The Kier molecular flexibility index (Phi) is 5.23. The van der Waals surface area contributed by atoms with Crippen LogP contribution in [-0.4, -0.2) is 26.3 Å². The minimum atomic E-state index is -0.328. The maximum absolute atomic E-state index is 12.3. The van der Waals surface area contributed by atoms with Crippen molar-refractivity contribution in [1.82, 2.24) is 20.5 Å². The summed E-state index contributed by atoms with van der Waals surface area (Å²) in [5, 5.41) is 14.4. The van der Waals surface area contributed by atoms with Gasteiger partial charge in [-0.1, -0.05) is 17.8 Å². The third-order valence-electron chi connectivity index (χ3n) is 4.63. The van der Waals surface area contributed by atoms with E-state index in [1.807, 2.05) is 42.6 Å². The number of aryl methyl sites for hydroxylation is 2. The molecule has 0 aliphatic rings. The zero-order valence-corrected chi connectivity index (χ0v) is 17.4. The van der Waals surface area contributed by atoms with E-state index in [9.17, 15) is 4.79 Å². The number of carbonyl (C=O) groups is 1. The number of hydrogen-bond acceptors (Lipinski definition) is 6. The quantitative estimate of drug-likeness (QED) is 0.449. The summed E-state index contributed by atoms with van der Waals surface area (Å²) in [7, 11) is 0. The van der Waals surface area contributed by atoms with E-state index in [4.69, 9.17) is 4.42 Å². The Balaban J connectivity index is 1.43. The van der Waals surface area contributed by atoms with Crippen LogP contribution in [0.15, 0.2) is 45.4 Å². The summed E-state index contributed by atoms with van der Waals surface area (Å²) >= 11 is 2.88. The van der Waals surface area contributed by atoms with Gasteiger partial charge in [0.1, 0.15) is 0 Å². The zero-order valence-electron chi connectivity index (χ0n) is 15.8. The highest BCUT2D eigenvalue weighted by atomic mass is 32.2. The maximum atomic E-state index is 12.3. The zero-order chi connectivity index (χ0) is 19.7. The van der Waals surface area contributed by atoms with E-state index in [1.165, 1.54) is 17.3 Å². The number of H-pyrrole nitrogens is 1. The fourth-order valence-corrected chi connectivity index (χ4v) is 4.26. The predicted octanol–water partition coefficient (Wildman–Crippen LogP) is 4.69. The Hall–Kier alpha value is -2.58. The number of thiophene rings is 1. The molecule has 0 aliphatic heterocycles. The molecule has 0 spiro atoms. The molecule has 3 heterocycles. The average molecular weight is 413 g/mol. The van der Waals surface area contributed by atoms with Gasteiger partial charge in [-0.05, 0) is 56.0 Å². The molecule has 144 valence electrons. The fourth-order valence-electron chi connectivity index (χ4n) is 2.90. The van der Waals surface area contributed by atoms with Gasteiger partial charge in [-0.15, -0.1) is 21.5 Å². The van der Waals surface area contributed by atoms with Crippen molar-refractivity contribution in [3.63, 3.8) is 0 Å². The van der Waals surface area contributed by atoms with Crippen LogP contribution in [0.25, 0.3) is 22.4 Å². The van der Waals surface area contributed by atoms with Crippen molar-refractivity contribution in [3.05, 3.63) is 51.8 Å². The largest absolute Gasteiger partial charge is 0.411 e.